The maximum absolute atomic E-state index is 13.3. The van der Waals surface area contributed by atoms with Crippen LogP contribution in [0.25, 0.3) is 0 Å². The molecule has 19 heavy (non-hydrogen) atoms. The van der Waals surface area contributed by atoms with E-state index >= 15 is 0 Å². The van der Waals surface area contributed by atoms with Gasteiger partial charge in [-0.05, 0) is 37.3 Å². The normalized spacial score (nSPS) is 12.3. The third kappa shape index (κ3) is 3.78. The molecule has 100 valence electrons. The molecule has 1 atom stereocenters. The Morgan fingerprint density at radius 2 is 1.84 bits per heavy atom. The van der Waals surface area contributed by atoms with Gasteiger partial charge in [-0.2, -0.15) is 0 Å². The number of rotatable bonds is 3. The fraction of sp³-hybridized carbons (Fsp3) is 0.143. The molecule has 0 amide bonds. The standard InChI is InChI=1S/C14H11Br2FO2/c1-8(18)13-6-9(15)2-3-14(13)19-12-5-10(16)4-11(17)7-12/h2-8,18H,1H3. The van der Waals surface area contributed by atoms with Crippen molar-refractivity contribution in [3.63, 3.8) is 0 Å². The van der Waals surface area contributed by atoms with Gasteiger partial charge in [0.2, 0.25) is 0 Å². The zero-order chi connectivity index (χ0) is 14.0. The highest BCUT2D eigenvalue weighted by Gasteiger charge is 2.11. The van der Waals surface area contributed by atoms with Crippen molar-refractivity contribution < 1.29 is 14.2 Å². The summed E-state index contributed by atoms with van der Waals surface area (Å²) in [5.74, 6) is 0.479. The number of aliphatic hydroxyl groups is 1. The maximum Gasteiger partial charge on any atom is 0.133 e. The predicted octanol–water partition coefficient (Wildman–Crippen LogP) is 5.20. The molecule has 2 aromatic rings. The minimum atomic E-state index is -0.676. The fourth-order valence-corrected chi connectivity index (χ4v) is 2.48. The van der Waals surface area contributed by atoms with Crippen molar-refractivity contribution in [3.8, 4) is 11.5 Å². The van der Waals surface area contributed by atoms with Gasteiger partial charge in [0.05, 0.1) is 6.10 Å². The molecule has 2 nitrogen and oxygen atoms in total. The highest BCUT2D eigenvalue weighted by molar-refractivity contribution is 9.10. The van der Waals surface area contributed by atoms with Gasteiger partial charge in [-0.25, -0.2) is 4.39 Å². The number of halogens is 3. The van der Waals surface area contributed by atoms with Gasteiger partial charge in [-0.15, -0.1) is 0 Å². The Bertz CT molecular complexity index is 580. The Balaban J connectivity index is 2.37. The van der Waals surface area contributed by atoms with Crippen LogP contribution in [0.4, 0.5) is 4.39 Å². The third-order valence-corrected chi connectivity index (χ3v) is 3.44. The van der Waals surface area contributed by atoms with E-state index in [0.29, 0.717) is 21.5 Å². The summed E-state index contributed by atoms with van der Waals surface area (Å²) in [5.41, 5.74) is 0.634. The molecule has 2 rings (SSSR count). The Morgan fingerprint density at radius 3 is 2.47 bits per heavy atom. The minimum absolute atomic E-state index is 0.371. The average Bonchev–Trinajstić information content (AvgIpc) is 2.30. The largest absolute Gasteiger partial charge is 0.457 e. The number of ether oxygens (including phenoxy) is 1. The van der Waals surface area contributed by atoms with E-state index in [4.69, 9.17) is 4.74 Å². The number of aliphatic hydroxyl groups excluding tert-OH is 1. The number of hydrogen-bond donors (Lipinski definition) is 1. The van der Waals surface area contributed by atoms with Crippen molar-refractivity contribution in [2.75, 3.05) is 0 Å². The van der Waals surface area contributed by atoms with Gasteiger partial charge in [0.1, 0.15) is 17.3 Å². The molecule has 0 aliphatic carbocycles. The topological polar surface area (TPSA) is 29.5 Å². The highest BCUT2D eigenvalue weighted by atomic mass is 79.9. The summed E-state index contributed by atoms with van der Waals surface area (Å²) in [6.07, 6.45) is -0.676. The van der Waals surface area contributed by atoms with E-state index in [1.165, 1.54) is 12.1 Å². The SMILES string of the molecule is CC(O)c1cc(Br)ccc1Oc1cc(F)cc(Br)c1. The van der Waals surface area contributed by atoms with Crippen LogP contribution in [0.15, 0.2) is 45.3 Å². The lowest BCUT2D eigenvalue weighted by molar-refractivity contribution is 0.195. The minimum Gasteiger partial charge on any atom is -0.457 e. The van der Waals surface area contributed by atoms with E-state index < -0.39 is 6.10 Å². The van der Waals surface area contributed by atoms with Crippen LogP contribution in [0.3, 0.4) is 0 Å². The highest BCUT2D eigenvalue weighted by Crippen LogP contribution is 2.33. The summed E-state index contributed by atoms with van der Waals surface area (Å²) in [5, 5.41) is 9.73. The molecule has 0 saturated heterocycles. The summed E-state index contributed by atoms with van der Waals surface area (Å²) >= 11 is 6.55. The third-order valence-electron chi connectivity index (χ3n) is 2.49. The molecule has 0 spiro atoms. The second-order valence-electron chi connectivity index (χ2n) is 4.07. The van der Waals surface area contributed by atoms with E-state index in [0.717, 1.165) is 4.47 Å². The lowest BCUT2D eigenvalue weighted by atomic mass is 10.1. The zero-order valence-corrected chi connectivity index (χ0v) is 13.2. The van der Waals surface area contributed by atoms with Crippen molar-refractivity contribution in [3.05, 3.63) is 56.7 Å². The second-order valence-corrected chi connectivity index (χ2v) is 5.90. The molecule has 2 aromatic carbocycles. The fourth-order valence-electron chi connectivity index (χ4n) is 1.65. The van der Waals surface area contributed by atoms with Crippen molar-refractivity contribution in [2.45, 2.75) is 13.0 Å². The molecular weight excluding hydrogens is 379 g/mol. The first-order valence-corrected chi connectivity index (χ1v) is 7.16. The molecule has 0 aliphatic rings. The van der Waals surface area contributed by atoms with Gasteiger partial charge in [0, 0.05) is 20.6 Å². The van der Waals surface area contributed by atoms with Gasteiger partial charge in [-0.1, -0.05) is 31.9 Å². The molecule has 0 aromatic heterocycles. The quantitative estimate of drug-likeness (QED) is 0.781. The molecule has 0 radical (unpaired) electrons. The summed E-state index contributed by atoms with van der Waals surface area (Å²) in [4.78, 5) is 0. The van der Waals surface area contributed by atoms with E-state index in [1.54, 1.807) is 31.2 Å². The van der Waals surface area contributed by atoms with Gasteiger partial charge < -0.3 is 9.84 Å². The summed E-state index contributed by atoms with van der Waals surface area (Å²) in [6, 6.07) is 9.61. The molecule has 0 bridgehead atoms. The Hall–Kier alpha value is -0.910. The van der Waals surface area contributed by atoms with Crippen LogP contribution in [0.5, 0.6) is 11.5 Å². The van der Waals surface area contributed by atoms with Gasteiger partial charge in [-0.3, -0.25) is 0 Å². The lowest BCUT2D eigenvalue weighted by Gasteiger charge is -2.14. The first-order valence-electron chi connectivity index (χ1n) is 5.57. The van der Waals surface area contributed by atoms with E-state index in [9.17, 15) is 9.50 Å². The van der Waals surface area contributed by atoms with Crippen LogP contribution in [-0.4, -0.2) is 5.11 Å². The van der Waals surface area contributed by atoms with Crippen molar-refractivity contribution in [1.82, 2.24) is 0 Å². The predicted molar refractivity (Wildman–Crippen MR) is 78.9 cm³/mol. The average molecular weight is 390 g/mol. The van der Waals surface area contributed by atoms with Crippen molar-refractivity contribution in [1.29, 1.82) is 0 Å². The van der Waals surface area contributed by atoms with Crippen LogP contribution in [0, 0.1) is 5.82 Å². The zero-order valence-electron chi connectivity index (χ0n) is 10.0. The molecular formula is C14H11Br2FO2. The van der Waals surface area contributed by atoms with E-state index in [-0.39, 0.29) is 5.82 Å². The van der Waals surface area contributed by atoms with Gasteiger partial charge in [0.15, 0.2) is 0 Å². The maximum atomic E-state index is 13.3. The van der Waals surface area contributed by atoms with Crippen molar-refractivity contribution >= 4 is 31.9 Å². The van der Waals surface area contributed by atoms with E-state index in [1.807, 2.05) is 0 Å². The molecule has 0 fully saturated rings. The molecule has 1 N–H and O–H groups in total. The number of benzene rings is 2. The van der Waals surface area contributed by atoms with Crippen LogP contribution in [-0.2, 0) is 0 Å². The first kappa shape index (κ1) is 14.5. The van der Waals surface area contributed by atoms with E-state index in [2.05, 4.69) is 31.9 Å². The Kier molecular flexibility index (Phi) is 4.60. The smallest absolute Gasteiger partial charge is 0.133 e. The summed E-state index contributed by atoms with van der Waals surface area (Å²) in [6.45, 7) is 1.65. The summed E-state index contributed by atoms with van der Waals surface area (Å²) in [7, 11) is 0. The van der Waals surface area contributed by atoms with Gasteiger partial charge in [0.25, 0.3) is 0 Å². The second kappa shape index (κ2) is 6.03. The van der Waals surface area contributed by atoms with Crippen LogP contribution in [0.2, 0.25) is 0 Å². The first-order chi connectivity index (χ1) is 8.95. The Morgan fingerprint density at radius 1 is 1.11 bits per heavy atom. The molecule has 0 heterocycles. The molecule has 0 saturated carbocycles. The van der Waals surface area contributed by atoms with Crippen molar-refractivity contribution in [2.24, 2.45) is 0 Å². The molecule has 0 aliphatic heterocycles. The Labute approximate surface area is 127 Å². The van der Waals surface area contributed by atoms with Crippen LogP contribution >= 0.6 is 31.9 Å². The molecule has 1 unspecified atom stereocenters. The number of hydrogen-bond acceptors (Lipinski definition) is 2. The van der Waals surface area contributed by atoms with Crippen LogP contribution in [0.1, 0.15) is 18.6 Å². The van der Waals surface area contributed by atoms with Gasteiger partial charge >= 0.3 is 0 Å². The lowest BCUT2D eigenvalue weighted by Crippen LogP contribution is -1.96. The molecule has 5 heteroatoms. The van der Waals surface area contributed by atoms with Crippen LogP contribution < -0.4 is 4.74 Å². The summed E-state index contributed by atoms with van der Waals surface area (Å²) < 4.78 is 20.4. The monoisotopic (exact) mass is 388 g/mol.